The summed E-state index contributed by atoms with van der Waals surface area (Å²) in [6.45, 7) is -1.46. The molecule has 1 aliphatic heterocycles. The lowest BCUT2D eigenvalue weighted by Crippen LogP contribution is -2.48. The second-order valence-electron chi connectivity index (χ2n) is 5.09. The Kier molecular flexibility index (Phi) is 4.82. The van der Waals surface area contributed by atoms with Crippen LogP contribution in [0.15, 0.2) is 0 Å². The predicted octanol–water partition coefficient (Wildman–Crippen LogP) is -0.651. The van der Waals surface area contributed by atoms with E-state index in [9.17, 15) is 32.7 Å². The third-order valence-electron chi connectivity index (χ3n) is 3.02. The van der Waals surface area contributed by atoms with Crippen LogP contribution in [0.25, 0.3) is 0 Å². The lowest BCUT2D eigenvalue weighted by atomic mass is 10.1. The van der Waals surface area contributed by atoms with Crippen molar-refractivity contribution in [1.29, 1.82) is 0 Å². The highest BCUT2D eigenvalue weighted by molar-refractivity contribution is 5.89. The number of aliphatic hydroxyl groups is 1. The molecule has 1 aliphatic rings. The number of carbonyl (C=O) groups excluding carboxylic acids is 2. The smallest absolute Gasteiger partial charge is 0.406 e. The molecule has 0 aromatic rings. The summed E-state index contributed by atoms with van der Waals surface area (Å²) < 4.78 is 36.6. The van der Waals surface area contributed by atoms with Crippen LogP contribution in [0.3, 0.4) is 0 Å². The van der Waals surface area contributed by atoms with E-state index < -0.39 is 48.6 Å². The first-order valence-corrected chi connectivity index (χ1v) is 6.00. The number of amides is 2. The van der Waals surface area contributed by atoms with Gasteiger partial charge in [0.1, 0.15) is 6.54 Å². The predicted molar refractivity (Wildman–Crippen MR) is 62.0 cm³/mol. The summed E-state index contributed by atoms with van der Waals surface area (Å²) in [5, 5.41) is 20.2. The Labute approximate surface area is 117 Å². The molecule has 1 heterocycles. The summed E-state index contributed by atoms with van der Waals surface area (Å²) in [5.74, 6) is -4.11. The second kappa shape index (κ2) is 5.88. The summed E-state index contributed by atoms with van der Waals surface area (Å²) in [4.78, 5) is 34.2. The van der Waals surface area contributed by atoms with E-state index in [1.165, 1.54) is 0 Å². The van der Waals surface area contributed by atoms with Crippen molar-refractivity contribution >= 4 is 17.8 Å². The van der Waals surface area contributed by atoms with Gasteiger partial charge in [0.25, 0.3) is 0 Å². The molecule has 2 atom stereocenters. The second-order valence-corrected chi connectivity index (χ2v) is 5.09. The van der Waals surface area contributed by atoms with Gasteiger partial charge in [-0.05, 0) is 6.92 Å². The zero-order valence-corrected chi connectivity index (χ0v) is 11.1. The quantitative estimate of drug-likeness (QED) is 0.625. The molecule has 0 aromatic carbocycles. The Balaban J connectivity index is 2.54. The van der Waals surface area contributed by atoms with E-state index in [0.717, 1.165) is 6.92 Å². The molecule has 1 saturated heterocycles. The first-order chi connectivity index (χ1) is 9.42. The third-order valence-corrected chi connectivity index (χ3v) is 3.02. The van der Waals surface area contributed by atoms with Gasteiger partial charge >= 0.3 is 12.1 Å². The standard InChI is InChI=1S/C11H15F3N2O5/c1-10(21,9(19)20)4-15-8(18)6-2-7(17)16(3-6)5-11(12,13)14/h6,21H,2-5H2,1H3,(H,15,18)(H,19,20). The van der Waals surface area contributed by atoms with Gasteiger partial charge in [0, 0.05) is 13.0 Å². The number of alkyl halides is 3. The molecule has 0 saturated carbocycles. The summed E-state index contributed by atoms with van der Waals surface area (Å²) >= 11 is 0. The third kappa shape index (κ3) is 4.88. The van der Waals surface area contributed by atoms with Crippen LogP contribution >= 0.6 is 0 Å². The van der Waals surface area contributed by atoms with Gasteiger partial charge in [0.15, 0.2) is 5.60 Å². The van der Waals surface area contributed by atoms with E-state index in [0.29, 0.717) is 4.90 Å². The molecule has 0 radical (unpaired) electrons. The van der Waals surface area contributed by atoms with E-state index in [1.54, 1.807) is 0 Å². The number of hydrogen-bond donors (Lipinski definition) is 3. The minimum atomic E-state index is -4.55. The molecule has 2 unspecified atom stereocenters. The number of carboxylic acids is 1. The van der Waals surface area contributed by atoms with Crippen molar-refractivity contribution in [1.82, 2.24) is 10.2 Å². The van der Waals surface area contributed by atoms with Crippen LogP contribution in [0.5, 0.6) is 0 Å². The number of nitrogens with one attached hydrogen (secondary N) is 1. The number of halogens is 3. The molecule has 3 N–H and O–H groups in total. The minimum absolute atomic E-state index is 0.378. The molecular weight excluding hydrogens is 297 g/mol. The average molecular weight is 312 g/mol. The van der Waals surface area contributed by atoms with Crippen molar-refractivity contribution < 1.29 is 37.8 Å². The molecule has 7 nitrogen and oxygen atoms in total. The maximum absolute atomic E-state index is 12.2. The number of carbonyl (C=O) groups is 3. The topological polar surface area (TPSA) is 107 Å². The first-order valence-electron chi connectivity index (χ1n) is 6.00. The van der Waals surface area contributed by atoms with Crippen molar-refractivity contribution in [2.45, 2.75) is 25.1 Å². The maximum Gasteiger partial charge on any atom is 0.406 e. The van der Waals surface area contributed by atoms with E-state index in [4.69, 9.17) is 5.11 Å². The molecule has 21 heavy (non-hydrogen) atoms. The SMILES string of the molecule is CC(O)(CNC(=O)C1CC(=O)N(CC(F)(F)F)C1)C(=O)O. The van der Waals surface area contributed by atoms with Crippen molar-refractivity contribution in [3.63, 3.8) is 0 Å². The highest BCUT2D eigenvalue weighted by atomic mass is 19.4. The molecule has 1 fully saturated rings. The maximum atomic E-state index is 12.2. The zero-order chi connectivity index (χ0) is 16.4. The summed E-state index contributed by atoms with van der Waals surface area (Å²) in [7, 11) is 0. The van der Waals surface area contributed by atoms with Crippen LogP contribution in [0.1, 0.15) is 13.3 Å². The lowest BCUT2D eigenvalue weighted by molar-refractivity contribution is -0.157. The van der Waals surface area contributed by atoms with Crippen LogP contribution in [0.2, 0.25) is 0 Å². The van der Waals surface area contributed by atoms with E-state index in [1.807, 2.05) is 0 Å². The van der Waals surface area contributed by atoms with Gasteiger partial charge in [0.05, 0.1) is 12.5 Å². The zero-order valence-electron chi connectivity index (χ0n) is 11.1. The number of carboxylic acid groups (broad SMARTS) is 1. The van der Waals surface area contributed by atoms with Crippen LogP contribution in [0.4, 0.5) is 13.2 Å². The number of aliphatic carboxylic acids is 1. The number of likely N-dealkylation sites (tertiary alicyclic amines) is 1. The molecule has 10 heteroatoms. The molecule has 0 bridgehead atoms. The molecule has 2 amide bonds. The van der Waals surface area contributed by atoms with Crippen LogP contribution in [-0.4, -0.2) is 64.3 Å². The number of rotatable bonds is 5. The molecular formula is C11H15F3N2O5. The molecule has 1 rings (SSSR count). The van der Waals surface area contributed by atoms with Crippen LogP contribution in [-0.2, 0) is 14.4 Å². The Bertz CT molecular complexity index is 450. The normalized spacial score (nSPS) is 22.0. The monoisotopic (exact) mass is 312 g/mol. The van der Waals surface area contributed by atoms with Gasteiger partial charge in [-0.1, -0.05) is 0 Å². The largest absolute Gasteiger partial charge is 0.479 e. The molecule has 0 aliphatic carbocycles. The number of nitrogens with zero attached hydrogens (tertiary/aromatic N) is 1. The fourth-order valence-corrected chi connectivity index (χ4v) is 1.80. The first kappa shape index (κ1) is 17.2. The van der Waals surface area contributed by atoms with Gasteiger partial charge in [-0.3, -0.25) is 9.59 Å². The Morgan fingerprint density at radius 3 is 2.48 bits per heavy atom. The molecule has 0 spiro atoms. The summed E-state index contributed by atoms with van der Waals surface area (Å²) in [5.41, 5.74) is -2.19. The summed E-state index contributed by atoms with van der Waals surface area (Å²) in [6.07, 6.45) is -4.93. The van der Waals surface area contributed by atoms with Crippen molar-refractivity contribution in [3.8, 4) is 0 Å². The van der Waals surface area contributed by atoms with Gasteiger partial charge in [-0.25, -0.2) is 4.79 Å². The van der Waals surface area contributed by atoms with Gasteiger partial charge in [0.2, 0.25) is 11.8 Å². The average Bonchev–Trinajstić information content (AvgIpc) is 2.65. The van der Waals surface area contributed by atoms with Gasteiger partial charge in [-0.2, -0.15) is 13.2 Å². The Morgan fingerprint density at radius 1 is 1.43 bits per heavy atom. The minimum Gasteiger partial charge on any atom is -0.479 e. The summed E-state index contributed by atoms with van der Waals surface area (Å²) in [6, 6.07) is 0. The fraction of sp³-hybridized carbons (Fsp3) is 0.727. The lowest BCUT2D eigenvalue weighted by Gasteiger charge is -2.20. The van der Waals surface area contributed by atoms with Crippen molar-refractivity contribution in [3.05, 3.63) is 0 Å². The highest BCUT2D eigenvalue weighted by Crippen LogP contribution is 2.23. The highest BCUT2D eigenvalue weighted by Gasteiger charge is 2.41. The fourth-order valence-electron chi connectivity index (χ4n) is 1.80. The van der Waals surface area contributed by atoms with E-state index in [-0.39, 0.29) is 13.0 Å². The van der Waals surface area contributed by atoms with Crippen molar-refractivity contribution in [2.75, 3.05) is 19.6 Å². The molecule has 0 aromatic heterocycles. The van der Waals surface area contributed by atoms with Crippen LogP contribution < -0.4 is 5.32 Å². The van der Waals surface area contributed by atoms with E-state index in [2.05, 4.69) is 5.32 Å². The number of hydrogen-bond acceptors (Lipinski definition) is 4. The van der Waals surface area contributed by atoms with E-state index >= 15 is 0 Å². The van der Waals surface area contributed by atoms with Gasteiger partial charge < -0.3 is 20.4 Å². The van der Waals surface area contributed by atoms with Crippen LogP contribution in [0, 0.1) is 5.92 Å². The Morgan fingerprint density at radius 2 is 2.00 bits per heavy atom. The molecule has 120 valence electrons. The van der Waals surface area contributed by atoms with Crippen molar-refractivity contribution in [2.24, 2.45) is 5.92 Å². The Hall–Kier alpha value is -1.84. The van der Waals surface area contributed by atoms with Gasteiger partial charge in [-0.15, -0.1) is 0 Å².